The van der Waals surface area contributed by atoms with Gasteiger partial charge >= 0.3 is 0 Å². The lowest BCUT2D eigenvalue weighted by molar-refractivity contribution is -0.113. The molecule has 5 heteroatoms. The molecule has 94 valence electrons. The van der Waals surface area contributed by atoms with E-state index in [0.717, 1.165) is 10.8 Å². The molecule has 1 N–H and O–H groups in total. The lowest BCUT2D eigenvalue weighted by Crippen LogP contribution is -2.17. The molecule has 1 amide bonds. The Balaban J connectivity index is 1.70. The normalized spacial score (nSPS) is 17.0. The number of anilines is 1. The molecule has 0 bridgehead atoms. The van der Waals surface area contributed by atoms with Crippen LogP contribution in [0.2, 0.25) is 0 Å². The van der Waals surface area contributed by atoms with E-state index in [2.05, 4.69) is 10.3 Å². The lowest BCUT2D eigenvalue weighted by Gasteiger charge is -2.20. The average Bonchev–Trinajstić information content (AvgIpc) is 2.73. The van der Waals surface area contributed by atoms with Gasteiger partial charge in [0, 0.05) is 10.6 Å². The third-order valence-electron chi connectivity index (χ3n) is 2.87. The zero-order chi connectivity index (χ0) is 12.1. The summed E-state index contributed by atoms with van der Waals surface area (Å²) in [4.78, 5) is 15.9. The zero-order valence-electron chi connectivity index (χ0n) is 10.1. The predicted octanol–water partition coefficient (Wildman–Crippen LogP) is 3.46. The maximum absolute atomic E-state index is 11.7. The Bertz CT molecular complexity index is 372. The molecule has 1 aliphatic carbocycles. The van der Waals surface area contributed by atoms with Crippen molar-refractivity contribution in [2.45, 2.75) is 44.3 Å². The van der Waals surface area contributed by atoms with Gasteiger partial charge in [-0.2, -0.15) is 0 Å². The van der Waals surface area contributed by atoms with Crippen LogP contribution in [-0.4, -0.2) is 21.9 Å². The molecule has 17 heavy (non-hydrogen) atoms. The van der Waals surface area contributed by atoms with E-state index in [1.807, 2.05) is 12.3 Å². The first kappa shape index (κ1) is 12.9. The number of carbonyl (C=O) groups excluding carboxylic acids is 1. The van der Waals surface area contributed by atoms with Crippen LogP contribution in [0, 0.1) is 6.92 Å². The van der Waals surface area contributed by atoms with E-state index in [4.69, 9.17) is 0 Å². The molecule has 0 unspecified atom stereocenters. The van der Waals surface area contributed by atoms with E-state index in [1.165, 1.54) is 43.4 Å². The van der Waals surface area contributed by atoms with Gasteiger partial charge < -0.3 is 5.32 Å². The Morgan fingerprint density at radius 2 is 2.29 bits per heavy atom. The number of amides is 1. The number of thioether (sulfide) groups is 1. The molecule has 0 radical (unpaired) electrons. The quantitative estimate of drug-likeness (QED) is 0.911. The highest BCUT2D eigenvalue weighted by Gasteiger charge is 2.15. The van der Waals surface area contributed by atoms with Crippen molar-refractivity contribution in [3.05, 3.63) is 11.1 Å². The molecule has 3 nitrogen and oxygen atoms in total. The standard InChI is InChI=1S/C12H18N2OS2/c1-9-7-17-12(13-9)14-11(15)8-16-10-5-3-2-4-6-10/h7,10H,2-6,8H2,1H3,(H,13,14,15). The van der Waals surface area contributed by atoms with Gasteiger partial charge in [0.2, 0.25) is 5.91 Å². The summed E-state index contributed by atoms with van der Waals surface area (Å²) in [5, 5.41) is 6.21. The Kier molecular flexibility index (Phi) is 4.86. The Hall–Kier alpha value is -0.550. The van der Waals surface area contributed by atoms with Crippen LogP contribution in [0.3, 0.4) is 0 Å². The molecule has 0 aromatic carbocycles. The number of hydrogen-bond acceptors (Lipinski definition) is 4. The monoisotopic (exact) mass is 270 g/mol. The summed E-state index contributed by atoms with van der Waals surface area (Å²) in [5.74, 6) is 0.637. The second-order valence-corrected chi connectivity index (χ2v) is 6.56. The van der Waals surface area contributed by atoms with E-state index in [1.54, 1.807) is 11.8 Å². The van der Waals surface area contributed by atoms with Gasteiger partial charge in [-0.25, -0.2) is 4.98 Å². The van der Waals surface area contributed by atoms with Crippen LogP contribution in [-0.2, 0) is 4.79 Å². The van der Waals surface area contributed by atoms with Crippen molar-refractivity contribution in [2.24, 2.45) is 0 Å². The van der Waals surface area contributed by atoms with Gasteiger partial charge in [-0.05, 0) is 19.8 Å². The Morgan fingerprint density at radius 1 is 1.53 bits per heavy atom. The largest absolute Gasteiger partial charge is 0.301 e. The van der Waals surface area contributed by atoms with Crippen LogP contribution in [0.1, 0.15) is 37.8 Å². The smallest absolute Gasteiger partial charge is 0.236 e. The number of nitrogens with one attached hydrogen (secondary N) is 1. The summed E-state index contributed by atoms with van der Waals surface area (Å²) < 4.78 is 0. The number of rotatable bonds is 4. The molecule has 1 saturated carbocycles. The molecule has 0 spiro atoms. The number of carbonyl (C=O) groups is 1. The maximum Gasteiger partial charge on any atom is 0.236 e. The number of hydrogen-bond donors (Lipinski definition) is 1. The summed E-state index contributed by atoms with van der Waals surface area (Å²) in [7, 11) is 0. The number of thiazole rings is 1. The van der Waals surface area contributed by atoms with Gasteiger partial charge in [0.05, 0.1) is 11.4 Å². The zero-order valence-corrected chi connectivity index (χ0v) is 11.7. The molecular formula is C12H18N2OS2. The van der Waals surface area contributed by atoms with E-state index in [9.17, 15) is 4.79 Å². The average molecular weight is 270 g/mol. The molecule has 0 saturated heterocycles. The third kappa shape index (κ3) is 4.32. The van der Waals surface area contributed by atoms with Crippen LogP contribution < -0.4 is 5.32 Å². The van der Waals surface area contributed by atoms with Gasteiger partial charge in [0.15, 0.2) is 5.13 Å². The van der Waals surface area contributed by atoms with Gasteiger partial charge in [-0.15, -0.1) is 23.1 Å². The van der Waals surface area contributed by atoms with Crippen molar-refractivity contribution < 1.29 is 4.79 Å². The Labute approximate surface area is 110 Å². The highest BCUT2D eigenvalue weighted by atomic mass is 32.2. The van der Waals surface area contributed by atoms with E-state index in [0.29, 0.717) is 11.0 Å². The maximum atomic E-state index is 11.7. The Morgan fingerprint density at radius 3 is 2.94 bits per heavy atom. The van der Waals surface area contributed by atoms with Gasteiger partial charge in [0.25, 0.3) is 0 Å². The van der Waals surface area contributed by atoms with Gasteiger partial charge in [-0.1, -0.05) is 19.3 Å². The molecule has 1 aromatic heterocycles. The molecule has 0 aliphatic heterocycles. The van der Waals surface area contributed by atoms with Crippen LogP contribution in [0.25, 0.3) is 0 Å². The molecule has 2 rings (SSSR count). The van der Waals surface area contributed by atoms with Crippen LogP contribution >= 0.6 is 23.1 Å². The highest BCUT2D eigenvalue weighted by Crippen LogP contribution is 2.28. The predicted molar refractivity (Wildman–Crippen MR) is 74.8 cm³/mol. The second kappa shape index (κ2) is 6.40. The van der Waals surface area contributed by atoms with E-state index < -0.39 is 0 Å². The number of aromatic nitrogens is 1. The summed E-state index contributed by atoms with van der Waals surface area (Å²) in [6.45, 7) is 1.93. The van der Waals surface area contributed by atoms with E-state index in [-0.39, 0.29) is 5.91 Å². The first-order valence-corrected chi connectivity index (χ1v) is 8.00. The minimum atomic E-state index is 0.0786. The van der Waals surface area contributed by atoms with Gasteiger partial charge in [-0.3, -0.25) is 4.79 Å². The third-order valence-corrected chi connectivity index (χ3v) is 5.11. The fourth-order valence-electron chi connectivity index (χ4n) is 1.99. The SMILES string of the molecule is Cc1csc(NC(=O)CSC2CCCCC2)n1. The fraction of sp³-hybridized carbons (Fsp3) is 0.667. The van der Waals surface area contributed by atoms with Crippen LogP contribution in [0.15, 0.2) is 5.38 Å². The van der Waals surface area contributed by atoms with E-state index >= 15 is 0 Å². The van der Waals surface area contributed by atoms with Gasteiger partial charge in [0.1, 0.15) is 0 Å². The molecule has 1 aliphatic rings. The molecule has 1 heterocycles. The van der Waals surface area contributed by atoms with Crippen molar-refractivity contribution in [3.8, 4) is 0 Å². The van der Waals surface area contributed by atoms with Crippen molar-refractivity contribution >= 4 is 34.1 Å². The summed E-state index contributed by atoms with van der Waals surface area (Å²) >= 11 is 3.28. The molecule has 1 aromatic rings. The van der Waals surface area contributed by atoms with Crippen LogP contribution in [0.4, 0.5) is 5.13 Å². The fourth-order valence-corrected chi connectivity index (χ4v) is 3.82. The van der Waals surface area contributed by atoms with Crippen LogP contribution in [0.5, 0.6) is 0 Å². The number of nitrogens with zero attached hydrogens (tertiary/aromatic N) is 1. The summed E-state index contributed by atoms with van der Waals surface area (Å²) in [6, 6.07) is 0. The topological polar surface area (TPSA) is 42.0 Å². The highest BCUT2D eigenvalue weighted by molar-refractivity contribution is 8.00. The van der Waals surface area contributed by atoms with Crippen molar-refractivity contribution in [1.82, 2.24) is 4.98 Å². The minimum Gasteiger partial charge on any atom is -0.301 e. The first-order valence-electron chi connectivity index (χ1n) is 6.07. The van der Waals surface area contributed by atoms with Crippen molar-refractivity contribution in [2.75, 3.05) is 11.1 Å². The number of aryl methyl sites for hydroxylation is 1. The summed E-state index contributed by atoms with van der Waals surface area (Å²) in [6.07, 6.45) is 6.56. The minimum absolute atomic E-state index is 0.0786. The first-order chi connectivity index (χ1) is 8.24. The molecule has 0 atom stereocenters. The molecular weight excluding hydrogens is 252 g/mol. The molecule has 1 fully saturated rings. The van der Waals surface area contributed by atoms with Crippen molar-refractivity contribution in [1.29, 1.82) is 0 Å². The van der Waals surface area contributed by atoms with Crippen molar-refractivity contribution in [3.63, 3.8) is 0 Å². The lowest BCUT2D eigenvalue weighted by atomic mass is 10.0. The second-order valence-electron chi connectivity index (χ2n) is 4.41. The summed E-state index contributed by atoms with van der Waals surface area (Å²) in [5.41, 5.74) is 0.963.